The van der Waals surface area contributed by atoms with Gasteiger partial charge < -0.3 is 16.4 Å². The van der Waals surface area contributed by atoms with Gasteiger partial charge in [-0.05, 0) is 12.0 Å². The Balaban J connectivity index is 2.61. The quantitative estimate of drug-likeness (QED) is 0.392. The van der Waals surface area contributed by atoms with E-state index in [1.54, 1.807) is 12.1 Å². The van der Waals surface area contributed by atoms with Crippen molar-refractivity contribution in [2.24, 2.45) is 5.73 Å². The zero-order valence-electron chi connectivity index (χ0n) is 10.8. The van der Waals surface area contributed by atoms with Gasteiger partial charge in [0.1, 0.15) is 0 Å². The lowest BCUT2D eigenvalue weighted by atomic mass is 10.0. The van der Waals surface area contributed by atoms with Crippen LogP contribution in [0.3, 0.4) is 0 Å². The van der Waals surface area contributed by atoms with E-state index in [-0.39, 0.29) is 11.7 Å². The van der Waals surface area contributed by atoms with Crippen LogP contribution in [0.4, 0.5) is 10.5 Å². The molecule has 2 amide bonds. The Labute approximate surface area is 111 Å². The van der Waals surface area contributed by atoms with Gasteiger partial charge in [0.25, 0.3) is 5.69 Å². The first-order valence-corrected chi connectivity index (χ1v) is 6.05. The fourth-order valence-corrected chi connectivity index (χ4v) is 1.79. The zero-order valence-corrected chi connectivity index (χ0v) is 10.8. The van der Waals surface area contributed by atoms with Crippen LogP contribution in [0.1, 0.15) is 24.9 Å². The molecule has 0 aliphatic heterocycles. The molecule has 0 aromatic heterocycles. The van der Waals surface area contributed by atoms with E-state index in [0.29, 0.717) is 13.1 Å². The van der Waals surface area contributed by atoms with Gasteiger partial charge in [-0.25, -0.2) is 4.79 Å². The van der Waals surface area contributed by atoms with Crippen molar-refractivity contribution in [1.29, 1.82) is 0 Å². The van der Waals surface area contributed by atoms with E-state index in [1.165, 1.54) is 6.07 Å². The highest BCUT2D eigenvalue weighted by Crippen LogP contribution is 2.21. The summed E-state index contributed by atoms with van der Waals surface area (Å²) in [6.45, 7) is 2.95. The van der Waals surface area contributed by atoms with Crippen molar-refractivity contribution in [3.8, 4) is 0 Å². The van der Waals surface area contributed by atoms with E-state index in [4.69, 9.17) is 5.73 Å². The molecular weight excluding hydrogens is 248 g/mol. The minimum absolute atomic E-state index is 0.00887. The first kappa shape index (κ1) is 14.9. The Kier molecular flexibility index (Phi) is 5.74. The third-order valence-electron chi connectivity index (χ3n) is 2.71. The Morgan fingerprint density at radius 2 is 2.21 bits per heavy atom. The van der Waals surface area contributed by atoms with E-state index in [2.05, 4.69) is 10.6 Å². The molecule has 4 N–H and O–H groups in total. The summed E-state index contributed by atoms with van der Waals surface area (Å²) >= 11 is 0. The third kappa shape index (κ3) is 4.92. The maximum Gasteiger partial charge on any atom is 0.312 e. The highest BCUT2D eigenvalue weighted by Gasteiger charge is 2.12. The number of hydrogen-bond acceptors (Lipinski definition) is 4. The van der Waals surface area contributed by atoms with Crippen LogP contribution in [-0.2, 0) is 0 Å². The van der Waals surface area contributed by atoms with Crippen LogP contribution < -0.4 is 16.4 Å². The fraction of sp³-hybridized carbons (Fsp3) is 0.417. The SMILES string of the molecule is CCC(NCCNC(N)=O)c1cccc([N+](=O)[O-])c1. The number of primary amides is 1. The first-order chi connectivity index (χ1) is 9.04. The summed E-state index contributed by atoms with van der Waals surface area (Å²) < 4.78 is 0. The van der Waals surface area contributed by atoms with E-state index in [9.17, 15) is 14.9 Å². The molecule has 0 heterocycles. The van der Waals surface area contributed by atoms with Crippen molar-refractivity contribution in [1.82, 2.24) is 10.6 Å². The summed E-state index contributed by atoms with van der Waals surface area (Å²) in [5.41, 5.74) is 5.89. The van der Waals surface area contributed by atoms with Crippen molar-refractivity contribution in [2.45, 2.75) is 19.4 Å². The molecule has 0 aliphatic rings. The Morgan fingerprint density at radius 1 is 1.47 bits per heavy atom. The second-order valence-corrected chi connectivity index (χ2v) is 4.06. The number of hydrogen-bond donors (Lipinski definition) is 3. The fourth-order valence-electron chi connectivity index (χ4n) is 1.79. The molecule has 1 rings (SSSR count). The van der Waals surface area contributed by atoms with Crippen LogP contribution in [0.25, 0.3) is 0 Å². The molecule has 7 heteroatoms. The number of carbonyl (C=O) groups is 1. The average Bonchev–Trinajstić information content (AvgIpc) is 2.38. The van der Waals surface area contributed by atoms with Gasteiger partial charge in [-0.3, -0.25) is 10.1 Å². The molecule has 0 bridgehead atoms. The summed E-state index contributed by atoms with van der Waals surface area (Å²) in [6.07, 6.45) is 0.789. The van der Waals surface area contributed by atoms with Gasteiger partial charge >= 0.3 is 6.03 Å². The lowest BCUT2D eigenvalue weighted by molar-refractivity contribution is -0.384. The predicted octanol–water partition coefficient (Wildman–Crippen LogP) is 1.30. The standard InChI is InChI=1S/C12H18N4O3/c1-2-11(14-6-7-15-12(13)17)9-4-3-5-10(8-9)16(18)19/h3-5,8,11,14H,2,6-7H2,1H3,(H3,13,15,17). The largest absolute Gasteiger partial charge is 0.352 e. The van der Waals surface area contributed by atoms with Gasteiger partial charge in [0.05, 0.1) is 4.92 Å². The van der Waals surface area contributed by atoms with E-state index < -0.39 is 11.0 Å². The molecule has 0 aliphatic carbocycles. The lowest BCUT2D eigenvalue weighted by Crippen LogP contribution is -2.36. The predicted molar refractivity (Wildman–Crippen MR) is 71.7 cm³/mol. The highest BCUT2D eigenvalue weighted by atomic mass is 16.6. The summed E-state index contributed by atoms with van der Waals surface area (Å²) in [6, 6.07) is 5.97. The number of amides is 2. The molecule has 1 aromatic carbocycles. The number of nitrogens with zero attached hydrogens (tertiary/aromatic N) is 1. The van der Waals surface area contributed by atoms with Gasteiger partial charge in [-0.1, -0.05) is 19.1 Å². The maximum absolute atomic E-state index is 10.7. The van der Waals surface area contributed by atoms with Crippen molar-refractivity contribution in [3.63, 3.8) is 0 Å². The number of rotatable bonds is 7. The van der Waals surface area contributed by atoms with Gasteiger partial charge in [-0.15, -0.1) is 0 Å². The molecule has 0 saturated heterocycles. The number of carbonyl (C=O) groups excluding carboxylic acids is 1. The van der Waals surface area contributed by atoms with Crippen molar-refractivity contribution < 1.29 is 9.72 Å². The topological polar surface area (TPSA) is 110 Å². The van der Waals surface area contributed by atoms with Crippen LogP contribution in [0, 0.1) is 10.1 Å². The number of nitro groups is 1. The molecule has 1 aromatic rings. The van der Waals surface area contributed by atoms with E-state index in [1.807, 2.05) is 13.0 Å². The molecule has 1 atom stereocenters. The normalized spacial score (nSPS) is 11.8. The zero-order chi connectivity index (χ0) is 14.3. The second-order valence-electron chi connectivity index (χ2n) is 4.06. The van der Waals surface area contributed by atoms with Crippen LogP contribution in [0.5, 0.6) is 0 Å². The summed E-state index contributed by atoms with van der Waals surface area (Å²) in [5, 5.41) is 16.4. The van der Waals surface area contributed by atoms with Crippen LogP contribution in [0.2, 0.25) is 0 Å². The number of urea groups is 1. The van der Waals surface area contributed by atoms with Crippen LogP contribution >= 0.6 is 0 Å². The maximum atomic E-state index is 10.7. The molecule has 0 saturated carbocycles. The summed E-state index contributed by atoms with van der Waals surface area (Å²) in [7, 11) is 0. The third-order valence-corrected chi connectivity index (χ3v) is 2.71. The van der Waals surface area contributed by atoms with Gasteiger partial charge in [0, 0.05) is 31.3 Å². The molecular formula is C12H18N4O3. The van der Waals surface area contributed by atoms with Crippen LogP contribution in [-0.4, -0.2) is 24.0 Å². The summed E-state index contributed by atoms with van der Waals surface area (Å²) in [5.74, 6) is 0. The lowest BCUT2D eigenvalue weighted by Gasteiger charge is -2.17. The molecule has 0 fully saturated rings. The molecule has 0 spiro atoms. The molecule has 19 heavy (non-hydrogen) atoms. The summed E-state index contributed by atoms with van der Waals surface area (Å²) in [4.78, 5) is 20.8. The minimum atomic E-state index is -0.565. The Morgan fingerprint density at radius 3 is 2.79 bits per heavy atom. The van der Waals surface area contributed by atoms with Crippen LogP contribution in [0.15, 0.2) is 24.3 Å². The number of nitro benzene ring substituents is 1. The molecule has 1 unspecified atom stereocenters. The number of non-ortho nitro benzene ring substituents is 1. The number of benzene rings is 1. The van der Waals surface area contributed by atoms with E-state index in [0.717, 1.165) is 12.0 Å². The van der Waals surface area contributed by atoms with Crippen molar-refractivity contribution >= 4 is 11.7 Å². The highest BCUT2D eigenvalue weighted by molar-refractivity contribution is 5.71. The van der Waals surface area contributed by atoms with Crippen molar-refractivity contribution in [3.05, 3.63) is 39.9 Å². The second kappa shape index (κ2) is 7.32. The molecule has 0 radical (unpaired) electrons. The smallest absolute Gasteiger partial charge is 0.312 e. The Bertz CT molecular complexity index is 450. The van der Waals surface area contributed by atoms with Gasteiger partial charge in [0.15, 0.2) is 0 Å². The van der Waals surface area contributed by atoms with Gasteiger partial charge in [-0.2, -0.15) is 0 Å². The van der Waals surface area contributed by atoms with Gasteiger partial charge in [0.2, 0.25) is 0 Å². The Hall–Kier alpha value is -2.15. The van der Waals surface area contributed by atoms with Crippen molar-refractivity contribution in [2.75, 3.05) is 13.1 Å². The molecule has 104 valence electrons. The minimum Gasteiger partial charge on any atom is -0.352 e. The number of nitrogens with one attached hydrogen (secondary N) is 2. The van der Waals surface area contributed by atoms with E-state index >= 15 is 0 Å². The number of nitrogens with two attached hydrogens (primary N) is 1. The average molecular weight is 266 g/mol. The first-order valence-electron chi connectivity index (χ1n) is 6.05. The monoisotopic (exact) mass is 266 g/mol. The molecule has 7 nitrogen and oxygen atoms in total.